The molecule has 200 valence electrons. The number of hydrogen-bond donors (Lipinski definition) is 1. The predicted octanol–water partition coefficient (Wildman–Crippen LogP) is 5.25. The highest BCUT2D eigenvalue weighted by Gasteiger charge is 2.75. The zero-order valence-electron chi connectivity index (χ0n) is 21.0. The van der Waals surface area contributed by atoms with Crippen LogP contribution in [0.3, 0.4) is 0 Å². The smallest absolute Gasteiger partial charge is 0.366 e. The van der Waals surface area contributed by atoms with E-state index in [9.17, 15) is 26.4 Å². The first kappa shape index (κ1) is 27.4. The Bertz CT molecular complexity index is 1140. The molecule has 3 fully saturated rings. The summed E-state index contributed by atoms with van der Waals surface area (Å²) in [6.07, 6.45) is -3.92. The third kappa shape index (κ3) is 4.92. The quantitative estimate of drug-likeness (QED) is 0.434. The van der Waals surface area contributed by atoms with Crippen molar-refractivity contribution in [1.82, 2.24) is 9.62 Å². The van der Waals surface area contributed by atoms with Crippen LogP contribution in [-0.2, 0) is 21.4 Å². The standard InChI is InChI=1S/C25H33ClF3N3O3S/c1-16(2)36(34,35)32(12-17-7-9-18(26)10-8-17)24-13-23(14-24,15-24)21-30-20(22(3,4)31-21)19(33)6-5-11-25(27,28)29/h7-10,16,20H,5-6,11-15H2,1-4H3,(H,30,31)/t20-,23?,24?/m0/s1. The molecule has 1 aromatic carbocycles. The normalized spacial score (nSPS) is 28.9. The first-order valence-corrected chi connectivity index (χ1v) is 14.1. The Morgan fingerprint density at radius 2 is 1.78 bits per heavy atom. The second kappa shape index (κ2) is 8.98. The Morgan fingerprint density at radius 3 is 2.31 bits per heavy atom. The lowest BCUT2D eigenvalue weighted by Gasteiger charge is -2.73. The number of nitrogens with one attached hydrogen (secondary N) is 1. The molecular weight excluding hydrogens is 515 g/mol. The van der Waals surface area contributed by atoms with Gasteiger partial charge in [-0.25, -0.2) is 8.42 Å². The number of benzene rings is 1. The van der Waals surface area contributed by atoms with Gasteiger partial charge in [-0.1, -0.05) is 23.7 Å². The van der Waals surface area contributed by atoms with Crippen LogP contribution in [0.4, 0.5) is 13.2 Å². The molecule has 6 nitrogen and oxygen atoms in total. The second-order valence-corrected chi connectivity index (χ2v) is 14.3. The molecule has 0 aromatic heterocycles. The molecule has 1 N–H and O–H groups in total. The summed E-state index contributed by atoms with van der Waals surface area (Å²) in [5.41, 5.74) is -0.695. The van der Waals surface area contributed by atoms with Gasteiger partial charge in [0, 0.05) is 35.4 Å². The van der Waals surface area contributed by atoms with Crippen LogP contribution in [0.2, 0.25) is 5.02 Å². The molecule has 0 radical (unpaired) electrons. The van der Waals surface area contributed by atoms with E-state index in [-0.39, 0.29) is 30.6 Å². The number of carbonyl (C=O) groups excluding carboxylic acids is 1. The maximum absolute atomic E-state index is 13.3. The van der Waals surface area contributed by atoms with Gasteiger partial charge in [0.25, 0.3) is 0 Å². The predicted molar refractivity (Wildman–Crippen MR) is 133 cm³/mol. The fourth-order valence-electron chi connectivity index (χ4n) is 5.83. The number of ketones is 1. The summed E-state index contributed by atoms with van der Waals surface area (Å²) in [7, 11) is -3.55. The van der Waals surface area contributed by atoms with E-state index in [4.69, 9.17) is 11.6 Å². The molecule has 1 aliphatic heterocycles. The number of rotatable bonds is 10. The SMILES string of the molecule is CC(C)S(=O)(=O)N(Cc1ccc(Cl)cc1)C12CC(C3=N[C@@H](C(=O)CCCC(F)(F)F)C(C)(C)N3)(C1)C2. The minimum atomic E-state index is -4.29. The van der Waals surface area contributed by atoms with Crippen LogP contribution >= 0.6 is 11.6 Å². The van der Waals surface area contributed by atoms with Gasteiger partial charge >= 0.3 is 6.18 Å². The van der Waals surface area contributed by atoms with E-state index >= 15 is 0 Å². The number of aliphatic imine (C=N–C) groups is 1. The first-order valence-electron chi connectivity index (χ1n) is 12.2. The van der Waals surface area contributed by atoms with Crippen LogP contribution < -0.4 is 5.32 Å². The minimum Gasteiger partial charge on any atom is -0.366 e. The van der Waals surface area contributed by atoms with Gasteiger partial charge in [-0.3, -0.25) is 9.79 Å². The zero-order valence-corrected chi connectivity index (χ0v) is 22.5. The molecule has 0 unspecified atom stereocenters. The van der Waals surface area contributed by atoms with E-state index in [1.54, 1.807) is 30.3 Å². The molecule has 3 aliphatic carbocycles. The molecule has 0 amide bonds. The summed E-state index contributed by atoms with van der Waals surface area (Å²) < 4.78 is 65.8. The summed E-state index contributed by atoms with van der Waals surface area (Å²) in [5.74, 6) is 0.372. The van der Waals surface area contributed by atoms with Gasteiger partial charge in [-0.15, -0.1) is 0 Å². The number of amidine groups is 1. The van der Waals surface area contributed by atoms with Crippen LogP contribution in [0.15, 0.2) is 29.3 Å². The van der Waals surface area contributed by atoms with Crippen LogP contribution in [0.25, 0.3) is 0 Å². The molecule has 2 bridgehead atoms. The number of hydrogen-bond acceptors (Lipinski definition) is 5. The lowest BCUT2D eigenvalue weighted by Crippen LogP contribution is -2.79. The van der Waals surface area contributed by atoms with Crippen LogP contribution in [0.5, 0.6) is 0 Å². The molecule has 4 aliphatic rings. The Morgan fingerprint density at radius 1 is 1.19 bits per heavy atom. The van der Waals surface area contributed by atoms with E-state index < -0.39 is 45.0 Å². The average Bonchev–Trinajstić information content (AvgIpc) is 3.00. The fraction of sp³-hybridized carbons (Fsp3) is 0.680. The van der Waals surface area contributed by atoms with Crippen molar-refractivity contribution in [3.05, 3.63) is 34.9 Å². The maximum atomic E-state index is 13.3. The van der Waals surface area contributed by atoms with E-state index in [0.717, 1.165) is 5.56 Å². The summed E-state index contributed by atoms with van der Waals surface area (Å²) >= 11 is 5.99. The Hall–Kier alpha value is -1.65. The van der Waals surface area contributed by atoms with Crippen LogP contribution in [0.1, 0.15) is 71.8 Å². The first-order chi connectivity index (χ1) is 16.5. The molecule has 0 saturated heterocycles. The molecule has 3 saturated carbocycles. The summed E-state index contributed by atoms with van der Waals surface area (Å²) in [6.45, 7) is 7.25. The molecule has 0 spiro atoms. The Labute approximate surface area is 215 Å². The minimum absolute atomic E-state index is 0.176. The molecule has 1 atom stereocenters. The number of carbonyl (C=O) groups is 1. The molecular formula is C25H33ClF3N3O3S. The average molecular weight is 548 g/mol. The highest BCUT2D eigenvalue weighted by Crippen LogP contribution is 2.71. The monoisotopic (exact) mass is 547 g/mol. The Balaban J connectivity index is 1.49. The van der Waals surface area contributed by atoms with E-state index in [1.807, 2.05) is 26.0 Å². The van der Waals surface area contributed by atoms with Gasteiger partial charge in [0.05, 0.1) is 10.8 Å². The molecule has 1 aromatic rings. The van der Waals surface area contributed by atoms with Crippen LogP contribution in [0, 0.1) is 5.41 Å². The number of alkyl halides is 3. The topological polar surface area (TPSA) is 78.8 Å². The van der Waals surface area contributed by atoms with Gasteiger partial charge in [0.15, 0.2) is 5.78 Å². The van der Waals surface area contributed by atoms with Gasteiger partial charge in [-0.2, -0.15) is 17.5 Å². The highest BCUT2D eigenvalue weighted by atomic mass is 35.5. The summed E-state index contributed by atoms with van der Waals surface area (Å²) in [6, 6.07) is 6.38. The van der Waals surface area contributed by atoms with Gasteiger partial charge in [-0.05, 0) is 71.1 Å². The number of sulfonamides is 1. The molecule has 5 rings (SSSR count). The van der Waals surface area contributed by atoms with Crippen molar-refractivity contribution in [3.63, 3.8) is 0 Å². The van der Waals surface area contributed by atoms with Crippen molar-refractivity contribution in [2.75, 3.05) is 0 Å². The van der Waals surface area contributed by atoms with Crippen molar-refractivity contribution in [1.29, 1.82) is 0 Å². The highest BCUT2D eigenvalue weighted by molar-refractivity contribution is 7.89. The second-order valence-electron chi connectivity index (χ2n) is 11.4. The summed E-state index contributed by atoms with van der Waals surface area (Å²) in [4.78, 5) is 17.4. The zero-order chi connectivity index (χ0) is 26.7. The van der Waals surface area contributed by atoms with Crippen molar-refractivity contribution in [2.24, 2.45) is 10.4 Å². The molecule has 11 heteroatoms. The van der Waals surface area contributed by atoms with E-state index in [2.05, 4.69) is 10.3 Å². The summed E-state index contributed by atoms with van der Waals surface area (Å²) in [5, 5.41) is 3.35. The van der Waals surface area contributed by atoms with E-state index in [0.29, 0.717) is 30.1 Å². The van der Waals surface area contributed by atoms with Gasteiger partial charge in [0.1, 0.15) is 11.9 Å². The number of halogens is 4. The lowest BCUT2D eigenvalue weighted by molar-refractivity contribution is -0.151. The van der Waals surface area contributed by atoms with Crippen LogP contribution in [-0.4, -0.2) is 52.9 Å². The van der Waals surface area contributed by atoms with E-state index in [1.165, 1.54) is 0 Å². The molecule has 36 heavy (non-hydrogen) atoms. The van der Waals surface area contributed by atoms with Crippen molar-refractivity contribution < 1.29 is 26.4 Å². The van der Waals surface area contributed by atoms with Gasteiger partial charge in [0.2, 0.25) is 10.0 Å². The third-order valence-electron chi connectivity index (χ3n) is 7.75. The van der Waals surface area contributed by atoms with Crippen molar-refractivity contribution >= 4 is 33.2 Å². The Kier molecular flexibility index (Phi) is 6.83. The number of nitrogens with zero attached hydrogens (tertiary/aromatic N) is 2. The van der Waals surface area contributed by atoms with Crippen molar-refractivity contribution in [3.8, 4) is 0 Å². The molecule has 1 heterocycles. The van der Waals surface area contributed by atoms with Crippen molar-refractivity contribution in [2.45, 2.75) is 101 Å². The largest absolute Gasteiger partial charge is 0.389 e. The third-order valence-corrected chi connectivity index (χ3v) is 10.3. The van der Waals surface area contributed by atoms with Gasteiger partial charge < -0.3 is 5.32 Å². The fourth-order valence-corrected chi connectivity index (χ4v) is 7.53. The lowest BCUT2D eigenvalue weighted by atomic mass is 9.38. The number of Topliss-reactive ketones (excluding diaryl/α,β-unsaturated/α-hetero) is 1. The maximum Gasteiger partial charge on any atom is 0.389 e.